The lowest BCUT2D eigenvalue weighted by Gasteiger charge is -2.02. The van der Waals surface area contributed by atoms with Gasteiger partial charge in [0, 0.05) is 0 Å². The standard InChI is InChI=1S/C14H16N4O2S/c1-3-20-11-6-4-5-10(7-11)8-16-18-13(19)12-9(2)17-14(15)21-12/h4-8H,3H2,1-2H3,(H2,15,17)(H,18,19)/b16-8-. The molecule has 7 heteroatoms. The summed E-state index contributed by atoms with van der Waals surface area (Å²) in [6.07, 6.45) is 1.56. The summed E-state index contributed by atoms with van der Waals surface area (Å²) in [5, 5.41) is 4.29. The molecule has 6 nitrogen and oxygen atoms in total. The molecule has 1 amide bonds. The van der Waals surface area contributed by atoms with E-state index in [1.54, 1.807) is 13.1 Å². The van der Waals surface area contributed by atoms with E-state index in [0.29, 0.717) is 22.3 Å². The fraction of sp³-hybridized carbons (Fsp3) is 0.214. The first-order valence-corrected chi connectivity index (χ1v) is 7.21. The molecule has 0 fully saturated rings. The highest BCUT2D eigenvalue weighted by molar-refractivity contribution is 7.17. The minimum atomic E-state index is -0.320. The topological polar surface area (TPSA) is 89.6 Å². The van der Waals surface area contributed by atoms with Crippen molar-refractivity contribution in [1.82, 2.24) is 10.4 Å². The first-order chi connectivity index (χ1) is 10.1. The summed E-state index contributed by atoms with van der Waals surface area (Å²) < 4.78 is 5.39. The number of ether oxygens (including phenoxy) is 1. The van der Waals surface area contributed by atoms with Gasteiger partial charge in [0.1, 0.15) is 10.6 Å². The van der Waals surface area contributed by atoms with Gasteiger partial charge in [0.2, 0.25) is 0 Å². The lowest BCUT2D eigenvalue weighted by molar-refractivity contribution is 0.0958. The number of thiazole rings is 1. The number of amides is 1. The van der Waals surface area contributed by atoms with Crippen molar-refractivity contribution in [2.75, 3.05) is 12.3 Å². The highest BCUT2D eigenvalue weighted by Crippen LogP contribution is 2.19. The Balaban J connectivity index is 2.00. The number of aromatic nitrogens is 1. The van der Waals surface area contributed by atoms with Crippen LogP contribution in [0.15, 0.2) is 29.4 Å². The molecule has 0 spiro atoms. The van der Waals surface area contributed by atoms with Crippen molar-refractivity contribution in [2.24, 2.45) is 5.10 Å². The van der Waals surface area contributed by atoms with Gasteiger partial charge < -0.3 is 10.5 Å². The van der Waals surface area contributed by atoms with E-state index in [1.165, 1.54) is 0 Å². The largest absolute Gasteiger partial charge is 0.494 e. The first-order valence-electron chi connectivity index (χ1n) is 6.39. The fourth-order valence-electron chi connectivity index (χ4n) is 1.70. The molecule has 1 aromatic carbocycles. The highest BCUT2D eigenvalue weighted by atomic mass is 32.1. The number of hydrogen-bond donors (Lipinski definition) is 2. The summed E-state index contributed by atoms with van der Waals surface area (Å²) in [7, 11) is 0. The fourth-order valence-corrected chi connectivity index (χ4v) is 2.42. The van der Waals surface area contributed by atoms with Crippen LogP contribution in [0.2, 0.25) is 0 Å². The predicted octanol–water partition coefficient (Wildman–Crippen LogP) is 2.20. The summed E-state index contributed by atoms with van der Waals surface area (Å²) in [5.41, 5.74) is 9.45. The zero-order valence-electron chi connectivity index (χ0n) is 11.8. The molecular weight excluding hydrogens is 288 g/mol. The van der Waals surface area contributed by atoms with E-state index in [0.717, 1.165) is 22.6 Å². The molecule has 21 heavy (non-hydrogen) atoms. The quantitative estimate of drug-likeness (QED) is 0.654. The predicted molar refractivity (Wildman–Crippen MR) is 83.9 cm³/mol. The average molecular weight is 304 g/mol. The molecule has 0 saturated carbocycles. The first kappa shape index (κ1) is 15.0. The van der Waals surface area contributed by atoms with Crippen LogP contribution in [0.3, 0.4) is 0 Å². The Morgan fingerprint density at radius 3 is 3.05 bits per heavy atom. The number of carbonyl (C=O) groups is 1. The Bertz CT molecular complexity index is 667. The molecule has 1 heterocycles. The summed E-state index contributed by atoms with van der Waals surface area (Å²) in [6, 6.07) is 7.44. The molecule has 0 unspecified atom stereocenters. The van der Waals surface area contributed by atoms with E-state index < -0.39 is 0 Å². The molecule has 0 aliphatic heterocycles. The SMILES string of the molecule is CCOc1cccc(/C=N\NC(=O)c2sc(N)nc2C)c1. The van der Waals surface area contributed by atoms with Crippen LogP contribution < -0.4 is 15.9 Å². The molecule has 0 atom stereocenters. The van der Waals surface area contributed by atoms with E-state index >= 15 is 0 Å². The minimum absolute atomic E-state index is 0.320. The maximum absolute atomic E-state index is 11.9. The Hall–Kier alpha value is -2.41. The van der Waals surface area contributed by atoms with Gasteiger partial charge in [-0.3, -0.25) is 4.79 Å². The second-order valence-electron chi connectivity index (χ2n) is 4.17. The monoisotopic (exact) mass is 304 g/mol. The number of nitrogens with one attached hydrogen (secondary N) is 1. The number of nitrogens with zero attached hydrogens (tertiary/aromatic N) is 2. The van der Waals surface area contributed by atoms with Crippen LogP contribution in [0.4, 0.5) is 5.13 Å². The van der Waals surface area contributed by atoms with Crippen molar-refractivity contribution in [3.05, 3.63) is 40.4 Å². The molecule has 0 radical (unpaired) electrons. The summed E-state index contributed by atoms with van der Waals surface area (Å²) in [5.74, 6) is 0.442. The van der Waals surface area contributed by atoms with Gasteiger partial charge in [0.05, 0.1) is 18.5 Å². The lowest BCUT2D eigenvalue weighted by atomic mass is 10.2. The van der Waals surface area contributed by atoms with E-state index in [2.05, 4.69) is 15.5 Å². The zero-order chi connectivity index (χ0) is 15.2. The van der Waals surface area contributed by atoms with Crippen molar-refractivity contribution in [3.8, 4) is 5.75 Å². The number of carbonyl (C=O) groups excluding carboxylic acids is 1. The van der Waals surface area contributed by atoms with Crippen molar-refractivity contribution >= 4 is 28.6 Å². The lowest BCUT2D eigenvalue weighted by Crippen LogP contribution is -2.17. The van der Waals surface area contributed by atoms with Crippen LogP contribution in [0.1, 0.15) is 27.9 Å². The van der Waals surface area contributed by atoms with Crippen LogP contribution in [-0.4, -0.2) is 23.7 Å². The Labute approximate surface area is 126 Å². The Morgan fingerprint density at radius 1 is 1.57 bits per heavy atom. The van der Waals surface area contributed by atoms with Gasteiger partial charge in [-0.05, 0) is 31.5 Å². The number of aryl methyl sites for hydroxylation is 1. The molecule has 0 bridgehead atoms. The number of anilines is 1. The number of rotatable bonds is 5. The maximum Gasteiger partial charge on any atom is 0.283 e. The van der Waals surface area contributed by atoms with Crippen LogP contribution in [-0.2, 0) is 0 Å². The third-order valence-corrected chi connectivity index (χ3v) is 3.55. The third-order valence-electron chi connectivity index (χ3n) is 2.57. The molecule has 0 saturated heterocycles. The number of benzene rings is 1. The Kier molecular flexibility index (Phi) is 4.89. The summed E-state index contributed by atoms with van der Waals surface area (Å²) in [4.78, 5) is 16.4. The second-order valence-corrected chi connectivity index (χ2v) is 5.20. The molecule has 3 N–H and O–H groups in total. The van der Waals surface area contributed by atoms with Crippen molar-refractivity contribution in [2.45, 2.75) is 13.8 Å². The Morgan fingerprint density at radius 2 is 2.38 bits per heavy atom. The van der Waals surface area contributed by atoms with Crippen LogP contribution in [0.25, 0.3) is 0 Å². The number of nitrogen functional groups attached to an aromatic ring is 1. The maximum atomic E-state index is 11.9. The van der Waals surface area contributed by atoms with Gasteiger partial charge >= 0.3 is 0 Å². The molecule has 1 aromatic heterocycles. The molecular formula is C14H16N4O2S. The number of hydrazone groups is 1. The summed E-state index contributed by atoms with van der Waals surface area (Å²) >= 11 is 1.14. The minimum Gasteiger partial charge on any atom is -0.494 e. The van der Waals surface area contributed by atoms with E-state index in [4.69, 9.17) is 10.5 Å². The van der Waals surface area contributed by atoms with E-state index in [-0.39, 0.29) is 5.91 Å². The highest BCUT2D eigenvalue weighted by Gasteiger charge is 2.13. The normalized spacial score (nSPS) is 10.8. The van der Waals surface area contributed by atoms with Gasteiger partial charge in [-0.25, -0.2) is 10.4 Å². The molecule has 110 valence electrons. The number of nitrogens with two attached hydrogens (primary N) is 1. The van der Waals surface area contributed by atoms with Gasteiger partial charge in [-0.2, -0.15) is 5.10 Å². The molecule has 0 aliphatic rings. The van der Waals surface area contributed by atoms with Crippen molar-refractivity contribution in [3.63, 3.8) is 0 Å². The molecule has 0 aliphatic carbocycles. The van der Waals surface area contributed by atoms with Crippen LogP contribution in [0, 0.1) is 6.92 Å². The molecule has 2 rings (SSSR count). The molecule has 2 aromatic rings. The third kappa shape index (κ3) is 4.03. The summed E-state index contributed by atoms with van der Waals surface area (Å²) in [6.45, 7) is 4.25. The average Bonchev–Trinajstić information content (AvgIpc) is 2.78. The zero-order valence-corrected chi connectivity index (χ0v) is 12.6. The van der Waals surface area contributed by atoms with Crippen molar-refractivity contribution in [1.29, 1.82) is 0 Å². The van der Waals surface area contributed by atoms with Crippen LogP contribution in [0.5, 0.6) is 5.75 Å². The van der Waals surface area contributed by atoms with Gasteiger partial charge in [0.25, 0.3) is 5.91 Å². The van der Waals surface area contributed by atoms with Gasteiger partial charge in [0.15, 0.2) is 5.13 Å². The van der Waals surface area contributed by atoms with Crippen LogP contribution >= 0.6 is 11.3 Å². The van der Waals surface area contributed by atoms with E-state index in [9.17, 15) is 4.79 Å². The van der Waals surface area contributed by atoms with Crippen molar-refractivity contribution < 1.29 is 9.53 Å². The number of hydrogen-bond acceptors (Lipinski definition) is 6. The smallest absolute Gasteiger partial charge is 0.283 e. The van der Waals surface area contributed by atoms with Gasteiger partial charge in [-0.15, -0.1) is 0 Å². The van der Waals surface area contributed by atoms with Gasteiger partial charge in [-0.1, -0.05) is 23.5 Å². The second kappa shape index (κ2) is 6.85. The van der Waals surface area contributed by atoms with E-state index in [1.807, 2.05) is 31.2 Å².